The predicted molar refractivity (Wildman–Crippen MR) is 68.6 cm³/mol. The Bertz CT molecular complexity index is 584. The fourth-order valence-electron chi connectivity index (χ4n) is 1.37. The first-order chi connectivity index (χ1) is 8.58. The van der Waals surface area contributed by atoms with Gasteiger partial charge in [-0.2, -0.15) is 0 Å². The van der Waals surface area contributed by atoms with E-state index in [-0.39, 0.29) is 21.6 Å². The van der Waals surface area contributed by atoms with Crippen molar-refractivity contribution in [3.8, 4) is 0 Å². The molecule has 0 aliphatic heterocycles. The molecule has 0 radical (unpaired) electrons. The summed E-state index contributed by atoms with van der Waals surface area (Å²) in [6.07, 6.45) is 0. The summed E-state index contributed by atoms with van der Waals surface area (Å²) in [6.45, 7) is 0. The first-order valence-electron chi connectivity index (χ1n) is 4.96. The first-order valence-corrected chi connectivity index (χ1v) is 5.71. The molecule has 0 saturated heterocycles. The van der Waals surface area contributed by atoms with Crippen molar-refractivity contribution in [1.29, 1.82) is 0 Å². The number of hydrogen-bond donors (Lipinski definition) is 1. The lowest BCUT2D eigenvalue weighted by atomic mass is 10.2. The van der Waals surface area contributed by atoms with Crippen LogP contribution in [-0.4, -0.2) is 10.9 Å². The number of halogens is 3. The van der Waals surface area contributed by atoms with Gasteiger partial charge in [-0.1, -0.05) is 35.3 Å². The number of nitrogens with zero attached hydrogens (tertiary/aromatic N) is 1. The Labute approximate surface area is 113 Å². The zero-order chi connectivity index (χ0) is 13.1. The number of aromatic nitrogens is 1. The third kappa shape index (κ3) is 2.78. The third-order valence-corrected chi connectivity index (χ3v) is 2.67. The topological polar surface area (TPSA) is 42.0 Å². The number of carbonyl (C=O) groups is 1. The van der Waals surface area contributed by atoms with Gasteiger partial charge in [0.25, 0.3) is 5.91 Å². The van der Waals surface area contributed by atoms with Crippen LogP contribution >= 0.6 is 23.2 Å². The number of pyridine rings is 1. The summed E-state index contributed by atoms with van der Waals surface area (Å²) in [6, 6.07) is 8.74. The number of benzene rings is 1. The van der Waals surface area contributed by atoms with Gasteiger partial charge in [0, 0.05) is 0 Å². The van der Waals surface area contributed by atoms with Crippen molar-refractivity contribution >= 4 is 34.9 Å². The van der Waals surface area contributed by atoms with E-state index in [1.807, 2.05) is 0 Å². The number of amides is 1. The molecule has 0 fully saturated rings. The van der Waals surface area contributed by atoms with Crippen molar-refractivity contribution in [2.45, 2.75) is 0 Å². The zero-order valence-corrected chi connectivity index (χ0v) is 10.5. The SMILES string of the molecule is O=C(Nc1cccc(Cl)n1)c1c(F)cccc1Cl. The molecule has 1 heterocycles. The summed E-state index contributed by atoms with van der Waals surface area (Å²) in [5.74, 6) is -1.14. The van der Waals surface area contributed by atoms with E-state index < -0.39 is 11.7 Å². The minimum Gasteiger partial charge on any atom is -0.306 e. The van der Waals surface area contributed by atoms with Gasteiger partial charge in [0.2, 0.25) is 0 Å². The summed E-state index contributed by atoms with van der Waals surface area (Å²) >= 11 is 11.4. The quantitative estimate of drug-likeness (QED) is 0.853. The molecule has 3 nitrogen and oxygen atoms in total. The van der Waals surface area contributed by atoms with Crippen molar-refractivity contribution in [2.24, 2.45) is 0 Å². The molecule has 0 bridgehead atoms. The van der Waals surface area contributed by atoms with Gasteiger partial charge in [0.15, 0.2) is 0 Å². The van der Waals surface area contributed by atoms with E-state index in [1.54, 1.807) is 18.2 Å². The highest BCUT2D eigenvalue weighted by Gasteiger charge is 2.16. The van der Waals surface area contributed by atoms with E-state index in [0.29, 0.717) is 0 Å². The highest BCUT2D eigenvalue weighted by Crippen LogP contribution is 2.20. The Morgan fingerprint density at radius 2 is 1.89 bits per heavy atom. The van der Waals surface area contributed by atoms with Crippen molar-refractivity contribution in [2.75, 3.05) is 5.32 Å². The average Bonchev–Trinajstić information content (AvgIpc) is 2.28. The maximum Gasteiger partial charge on any atom is 0.261 e. The maximum atomic E-state index is 13.5. The smallest absolute Gasteiger partial charge is 0.261 e. The second-order valence-corrected chi connectivity index (χ2v) is 4.19. The lowest BCUT2D eigenvalue weighted by Crippen LogP contribution is -2.15. The van der Waals surface area contributed by atoms with Gasteiger partial charge in [0.1, 0.15) is 16.8 Å². The molecule has 2 aromatic rings. The molecule has 0 aliphatic carbocycles. The van der Waals surface area contributed by atoms with Crippen LogP contribution in [0.4, 0.5) is 10.2 Å². The molecule has 0 aliphatic rings. The zero-order valence-electron chi connectivity index (χ0n) is 8.95. The molecule has 1 N–H and O–H groups in total. The van der Waals surface area contributed by atoms with Crippen LogP contribution in [-0.2, 0) is 0 Å². The number of nitrogens with one attached hydrogen (secondary N) is 1. The summed E-state index contributed by atoms with van der Waals surface area (Å²) in [5, 5.41) is 2.69. The summed E-state index contributed by atoms with van der Waals surface area (Å²) in [7, 11) is 0. The van der Waals surface area contributed by atoms with Crippen LogP contribution in [0.5, 0.6) is 0 Å². The molecule has 1 aromatic heterocycles. The van der Waals surface area contributed by atoms with Crippen LogP contribution in [0.15, 0.2) is 36.4 Å². The van der Waals surface area contributed by atoms with E-state index in [1.165, 1.54) is 12.1 Å². The highest BCUT2D eigenvalue weighted by atomic mass is 35.5. The lowest BCUT2D eigenvalue weighted by molar-refractivity contribution is 0.102. The van der Waals surface area contributed by atoms with Crippen molar-refractivity contribution in [3.05, 3.63) is 58.0 Å². The highest BCUT2D eigenvalue weighted by molar-refractivity contribution is 6.34. The standard InChI is InChI=1S/C12H7Cl2FN2O/c13-7-3-1-4-8(15)11(7)12(18)17-10-6-2-5-9(14)16-10/h1-6H,(H,16,17,18). The number of rotatable bonds is 2. The van der Waals surface area contributed by atoms with Gasteiger partial charge in [-0.3, -0.25) is 4.79 Å². The monoisotopic (exact) mass is 284 g/mol. The molecule has 92 valence electrons. The predicted octanol–water partition coefficient (Wildman–Crippen LogP) is 3.78. The molecule has 2 rings (SSSR count). The Morgan fingerprint density at radius 3 is 2.56 bits per heavy atom. The Hall–Kier alpha value is -1.65. The molecule has 0 saturated carbocycles. The Morgan fingerprint density at radius 1 is 1.17 bits per heavy atom. The molecule has 1 amide bonds. The summed E-state index contributed by atoms with van der Waals surface area (Å²) in [5.41, 5.74) is -0.221. The van der Waals surface area contributed by atoms with Crippen LogP contribution in [0.3, 0.4) is 0 Å². The lowest BCUT2D eigenvalue weighted by Gasteiger charge is -2.07. The number of anilines is 1. The minimum atomic E-state index is -0.693. The summed E-state index contributed by atoms with van der Waals surface area (Å²) in [4.78, 5) is 15.7. The number of hydrogen-bond acceptors (Lipinski definition) is 2. The minimum absolute atomic E-state index is 0.0366. The molecule has 6 heteroatoms. The van der Waals surface area contributed by atoms with Crippen LogP contribution < -0.4 is 5.32 Å². The van der Waals surface area contributed by atoms with Gasteiger partial charge in [-0.25, -0.2) is 9.37 Å². The van der Waals surface area contributed by atoms with Crippen LogP contribution in [0.1, 0.15) is 10.4 Å². The van der Waals surface area contributed by atoms with Gasteiger partial charge < -0.3 is 5.32 Å². The maximum absolute atomic E-state index is 13.5. The molecular weight excluding hydrogens is 278 g/mol. The van der Waals surface area contributed by atoms with E-state index in [2.05, 4.69) is 10.3 Å². The second kappa shape index (κ2) is 5.33. The van der Waals surface area contributed by atoms with Gasteiger partial charge in [-0.05, 0) is 24.3 Å². The molecule has 0 unspecified atom stereocenters. The Balaban J connectivity index is 2.28. The first kappa shape index (κ1) is 12.8. The van der Waals surface area contributed by atoms with E-state index in [9.17, 15) is 9.18 Å². The van der Waals surface area contributed by atoms with Crippen LogP contribution in [0, 0.1) is 5.82 Å². The molecule has 0 atom stereocenters. The number of carbonyl (C=O) groups excluding carboxylic acids is 1. The summed E-state index contributed by atoms with van der Waals surface area (Å²) < 4.78 is 13.5. The van der Waals surface area contributed by atoms with Crippen molar-refractivity contribution in [1.82, 2.24) is 4.98 Å². The fraction of sp³-hybridized carbons (Fsp3) is 0. The molecule has 18 heavy (non-hydrogen) atoms. The van der Waals surface area contributed by atoms with E-state index >= 15 is 0 Å². The normalized spacial score (nSPS) is 10.2. The fourth-order valence-corrected chi connectivity index (χ4v) is 1.78. The largest absolute Gasteiger partial charge is 0.306 e. The van der Waals surface area contributed by atoms with Crippen molar-refractivity contribution in [3.63, 3.8) is 0 Å². The van der Waals surface area contributed by atoms with E-state index in [0.717, 1.165) is 6.07 Å². The van der Waals surface area contributed by atoms with Crippen LogP contribution in [0.2, 0.25) is 10.2 Å². The molecule has 1 aromatic carbocycles. The van der Waals surface area contributed by atoms with Gasteiger partial charge >= 0.3 is 0 Å². The third-order valence-electron chi connectivity index (χ3n) is 2.15. The van der Waals surface area contributed by atoms with Crippen molar-refractivity contribution < 1.29 is 9.18 Å². The average molecular weight is 285 g/mol. The second-order valence-electron chi connectivity index (χ2n) is 3.40. The van der Waals surface area contributed by atoms with Gasteiger partial charge in [0.05, 0.1) is 10.6 Å². The van der Waals surface area contributed by atoms with Crippen LogP contribution in [0.25, 0.3) is 0 Å². The molecule has 0 spiro atoms. The van der Waals surface area contributed by atoms with E-state index in [4.69, 9.17) is 23.2 Å². The van der Waals surface area contributed by atoms with Gasteiger partial charge in [-0.15, -0.1) is 0 Å². The molecular formula is C12H7Cl2FN2O. The Kier molecular flexibility index (Phi) is 3.79.